The predicted octanol–water partition coefficient (Wildman–Crippen LogP) is 5.38. The molecule has 0 saturated heterocycles. The maximum Gasteiger partial charge on any atom is 0.416 e. The van der Waals surface area contributed by atoms with Crippen LogP contribution in [0.5, 0.6) is 0 Å². The van der Waals surface area contributed by atoms with Crippen molar-refractivity contribution in [1.29, 1.82) is 0 Å². The molecule has 2 aromatic carbocycles. The largest absolute Gasteiger partial charge is 0.465 e. The van der Waals surface area contributed by atoms with Gasteiger partial charge in [-0.25, -0.2) is 9.18 Å². The molecule has 0 spiro atoms. The number of fused-ring (bicyclic) bond motifs is 1. The Balaban J connectivity index is 2.12. The highest BCUT2D eigenvalue weighted by atomic mass is 19.4. The third-order valence-electron chi connectivity index (χ3n) is 5.35. The molecular formula is C21H20F4N2O3. The van der Waals surface area contributed by atoms with Gasteiger partial charge in [0.15, 0.2) is 0 Å². The van der Waals surface area contributed by atoms with Crippen LogP contribution in [-0.2, 0) is 6.18 Å². The van der Waals surface area contributed by atoms with E-state index in [1.165, 1.54) is 9.80 Å². The van der Waals surface area contributed by atoms with Crippen molar-refractivity contribution in [3.63, 3.8) is 0 Å². The first-order valence-electron chi connectivity index (χ1n) is 9.27. The van der Waals surface area contributed by atoms with Crippen LogP contribution in [0.4, 0.5) is 33.7 Å². The fourth-order valence-corrected chi connectivity index (χ4v) is 3.56. The van der Waals surface area contributed by atoms with Gasteiger partial charge in [-0.15, -0.1) is 0 Å². The number of benzene rings is 2. The lowest BCUT2D eigenvalue weighted by molar-refractivity contribution is -0.137. The lowest BCUT2D eigenvalue weighted by Gasteiger charge is -2.41. The van der Waals surface area contributed by atoms with Crippen LogP contribution in [0.3, 0.4) is 0 Å². The fraction of sp³-hybridized carbons (Fsp3) is 0.333. The molecule has 0 fully saturated rings. The zero-order chi connectivity index (χ0) is 22.4. The Morgan fingerprint density at radius 1 is 1.10 bits per heavy atom. The van der Waals surface area contributed by atoms with Crippen LogP contribution >= 0.6 is 0 Å². The first-order chi connectivity index (χ1) is 14.0. The highest BCUT2D eigenvalue weighted by Crippen LogP contribution is 2.39. The van der Waals surface area contributed by atoms with E-state index in [0.29, 0.717) is 18.6 Å². The number of aryl methyl sites for hydroxylation is 2. The molecule has 1 N–H and O–H groups in total. The van der Waals surface area contributed by atoms with Gasteiger partial charge in [0.2, 0.25) is 0 Å². The molecule has 1 aliphatic heterocycles. The van der Waals surface area contributed by atoms with Gasteiger partial charge in [0.05, 0.1) is 28.5 Å². The summed E-state index contributed by atoms with van der Waals surface area (Å²) in [5.41, 5.74) is 0.458. The Labute approximate surface area is 170 Å². The second kappa shape index (κ2) is 7.62. The average molecular weight is 424 g/mol. The molecule has 0 aromatic heterocycles. The Morgan fingerprint density at radius 2 is 1.70 bits per heavy atom. The van der Waals surface area contributed by atoms with E-state index >= 15 is 0 Å². The van der Waals surface area contributed by atoms with E-state index in [1.54, 1.807) is 32.9 Å². The number of carbonyl (C=O) groups is 2. The van der Waals surface area contributed by atoms with Crippen LogP contribution < -0.4 is 9.80 Å². The smallest absolute Gasteiger partial charge is 0.416 e. The number of nitrogens with zero attached hydrogens (tertiary/aromatic N) is 2. The minimum atomic E-state index is -4.73. The monoisotopic (exact) mass is 424 g/mol. The van der Waals surface area contributed by atoms with E-state index in [4.69, 9.17) is 0 Å². The zero-order valence-corrected chi connectivity index (χ0v) is 16.5. The molecule has 0 bridgehead atoms. The topological polar surface area (TPSA) is 60.9 Å². The summed E-state index contributed by atoms with van der Waals surface area (Å²) in [4.78, 5) is 27.4. The van der Waals surface area contributed by atoms with Gasteiger partial charge in [0.1, 0.15) is 5.82 Å². The quantitative estimate of drug-likeness (QED) is 0.658. The lowest BCUT2D eigenvalue weighted by atomic mass is 9.99. The summed E-state index contributed by atoms with van der Waals surface area (Å²) in [5, 5.41) is 9.70. The van der Waals surface area contributed by atoms with Crippen LogP contribution in [-0.4, -0.2) is 29.7 Å². The van der Waals surface area contributed by atoms with Crippen molar-refractivity contribution in [1.82, 2.24) is 0 Å². The van der Waals surface area contributed by atoms with Gasteiger partial charge in [-0.2, -0.15) is 13.2 Å². The third-order valence-corrected chi connectivity index (χ3v) is 5.35. The van der Waals surface area contributed by atoms with E-state index in [0.717, 1.165) is 17.2 Å². The summed E-state index contributed by atoms with van der Waals surface area (Å²) >= 11 is 0. The molecule has 2 amide bonds. The van der Waals surface area contributed by atoms with Gasteiger partial charge in [0, 0.05) is 6.54 Å². The van der Waals surface area contributed by atoms with Crippen LogP contribution in [0.1, 0.15) is 40.4 Å². The lowest BCUT2D eigenvalue weighted by Crippen LogP contribution is -2.53. The SMILES string of the molecule is CCC1CN(C(=O)c2ccc(C(F)(F)F)cc2F)c2cc(C)c(C)cc2N1C(=O)O. The molecule has 5 nitrogen and oxygen atoms in total. The summed E-state index contributed by atoms with van der Waals surface area (Å²) in [6, 6.07) is 4.45. The number of alkyl halides is 3. The van der Waals surface area contributed by atoms with E-state index in [9.17, 15) is 32.3 Å². The number of halogens is 4. The molecule has 0 saturated carbocycles. The standard InChI is InChI=1S/C21H20F4N2O3/c1-4-14-10-26(17-7-11(2)12(3)8-18(17)27(14)20(29)30)19(28)15-6-5-13(9-16(15)22)21(23,24)25/h5-9,14H,4,10H2,1-3H3,(H,29,30). The molecule has 1 aliphatic rings. The average Bonchev–Trinajstić information content (AvgIpc) is 2.66. The van der Waals surface area contributed by atoms with Gasteiger partial charge < -0.3 is 10.0 Å². The maximum absolute atomic E-state index is 14.4. The zero-order valence-electron chi connectivity index (χ0n) is 16.5. The summed E-state index contributed by atoms with van der Waals surface area (Å²) in [7, 11) is 0. The first-order valence-corrected chi connectivity index (χ1v) is 9.27. The Kier molecular flexibility index (Phi) is 5.49. The molecule has 2 aromatic rings. The van der Waals surface area contributed by atoms with Crippen molar-refractivity contribution >= 4 is 23.4 Å². The van der Waals surface area contributed by atoms with Gasteiger partial charge in [0.25, 0.3) is 5.91 Å². The van der Waals surface area contributed by atoms with Crippen molar-refractivity contribution in [3.8, 4) is 0 Å². The number of hydrogen-bond acceptors (Lipinski definition) is 2. The van der Waals surface area contributed by atoms with E-state index in [-0.39, 0.29) is 17.9 Å². The van der Waals surface area contributed by atoms with Gasteiger partial charge in [-0.3, -0.25) is 9.69 Å². The second-order valence-electron chi connectivity index (χ2n) is 7.25. The summed E-state index contributed by atoms with van der Waals surface area (Å²) in [5.74, 6) is -2.11. The second-order valence-corrected chi connectivity index (χ2v) is 7.25. The predicted molar refractivity (Wildman–Crippen MR) is 104 cm³/mol. The molecule has 1 atom stereocenters. The molecule has 3 rings (SSSR count). The summed E-state index contributed by atoms with van der Waals surface area (Å²) in [6.07, 6.45) is -5.53. The number of rotatable bonds is 2. The van der Waals surface area contributed by atoms with Crippen molar-refractivity contribution in [2.45, 2.75) is 39.4 Å². The number of amides is 2. The minimum absolute atomic E-state index is 0.0441. The number of carbonyl (C=O) groups excluding carboxylic acids is 1. The number of anilines is 2. The van der Waals surface area contributed by atoms with Crippen molar-refractivity contribution in [3.05, 3.63) is 58.4 Å². The number of hydrogen-bond donors (Lipinski definition) is 1. The molecule has 30 heavy (non-hydrogen) atoms. The Hall–Kier alpha value is -3.10. The highest BCUT2D eigenvalue weighted by molar-refractivity contribution is 6.10. The molecular weight excluding hydrogens is 404 g/mol. The maximum atomic E-state index is 14.4. The third kappa shape index (κ3) is 3.71. The minimum Gasteiger partial charge on any atom is -0.465 e. The Morgan fingerprint density at radius 3 is 2.20 bits per heavy atom. The molecule has 0 aliphatic carbocycles. The fourth-order valence-electron chi connectivity index (χ4n) is 3.56. The van der Waals surface area contributed by atoms with Crippen molar-refractivity contribution in [2.24, 2.45) is 0 Å². The van der Waals surface area contributed by atoms with E-state index < -0.39 is 41.2 Å². The molecule has 9 heteroatoms. The molecule has 1 heterocycles. The Bertz CT molecular complexity index is 1020. The van der Waals surface area contributed by atoms with Crippen molar-refractivity contribution < 1.29 is 32.3 Å². The molecule has 1 unspecified atom stereocenters. The normalized spacial score (nSPS) is 16.4. The van der Waals surface area contributed by atoms with Crippen LogP contribution in [0.2, 0.25) is 0 Å². The van der Waals surface area contributed by atoms with Gasteiger partial charge >= 0.3 is 12.3 Å². The van der Waals surface area contributed by atoms with E-state index in [1.807, 2.05) is 0 Å². The van der Waals surface area contributed by atoms with Gasteiger partial charge in [-0.1, -0.05) is 6.92 Å². The van der Waals surface area contributed by atoms with Crippen LogP contribution in [0.15, 0.2) is 30.3 Å². The molecule has 0 radical (unpaired) electrons. The first kappa shape index (κ1) is 21.6. The van der Waals surface area contributed by atoms with Crippen LogP contribution in [0, 0.1) is 19.7 Å². The molecule has 160 valence electrons. The van der Waals surface area contributed by atoms with Crippen molar-refractivity contribution in [2.75, 3.05) is 16.3 Å². The highest BCUT2D eigenvalue weighted by Gasteiger charge is 2.38. The number of carboxylic acid groups (broad SMARTS) is 1. The summed E-state index contributed by atoms with van der Waals surface area (Å²) < 4.78 is 52.9. The van der Waals surface area contributed by atoms with Crippen LogP contribution in [0.25, 0.3) is 0 Å². The van der Waals surface area contributed by atoms with E-state index in [2.05, 4.69) is 0 Å². The summed E-state index contributed by atoms with van der Waals surface area (Å²) in [6.45, 7) is 5.30. The van der Waals surface area contributed by atoms with Gasteiger partial charge in [-0.05, 0) is 61.7 Å².